The fourth-order valence-corrected chi connectivity index (χ4v) is 0.751. The number of aromatic nitrogens is 1. The third-order valence-electron chi connectivity index (χ3n) is 0.950. The topological polar surface area (TPSA) is 62.2 Å². The summed E-state index contributed by atoms with van der Waals surface area (Å²) in [6.07, 6.45) is -1.15. The molecule has 0 aliphatic carbocycles. The number of halogens is 1. The molecule has 0 saturated carbocycles. The number of hydrogen-bond donors (Lipinski definition) is 2. The van der Waals surface area contributed by atoms with Gasteiger partial charge in [-0.2, -0.15) is 0 Å². The van der Waals surface area contributed by atoms with Crippen molar-refractivity contribution in [2.75, 3.05) is 5.32 Å². The fraction of sp³-hybridized carbons (Fsp3) is 0. The van der Waals surface area contributed by atoms with E-state index in [0.717, 1.165) is 0 Å². The van der Waals surface area contributed by atoms with Gasteiger partial charge in [0.1, 0.15) is 11.0 Å². The molecule has 1 heterocycles. The second-order valence-electron chi connectivity index (χ2n) is 1.78. The van der Waals surface area contributed by atoms with E-state index in [1.807, 2.05) is 0 Å². The van der Waals surface area contributed by atoms with E-state index in [9.17, 15) is 4.79 Å². The molecule has 1 aromatic heterocycles. The standard InChI is InChI=1S/C6H5ClN2O2/c7-4-2-1-3-5(8-4)9-6(10)11/h1-3H,(H,8,9)(H,10,11). The van der Waals surface area contributed by atoms with Crippen molar-refractivity contribution in [1.82, 2.24) is 4.98 Å². The van der Waals surface area contributed by atoms with Crippen molar-refractivity contribution < 1.29 is 9.90 Å². The number of anilines is 1. The highest BCUT2D eigenvalue weighted by Gasteiger charge is 1.97. The Kier molecular flexibility index (Phi) is 2.28. The van der Waals surface area contributed by atoms with E-state index in [1.54, 1.807) is 12.1 Å². The largest absolute Gasteiger partial charge is 0.465 e. The van der Waals surface area contributed by atoms with Crippen LogP contribution in [0.1, 0.15) is 0 Å². The summed E-state index contributed by atoms with van der Waals surface area (Å²) in [5.41, 5.74) is 0. The van der Waals surface area contributed by atoms with E-state index in [4.69, 9.17) is 16.7 Å². The molecule has 0 aromatic carbocycles. The van der Waals surface area contributed by atoms with E-state index >= 15 is 0 Å². The Labute approximate surface area is 67.8 Å². The normalized spacial score (nSPS) is 9.18. The van der Waals surface area contributed by atoms with Crippen LogP contribution in [0.5, 0.6) is 0 Å². The van der Waals surface area contributed by atoms with Gasteiger partial charge in [-0.25, -0.2) is 9.78 Å². The quantitative estimate of drug-likeness (QED) is 0.636. The molecule has 5 heteroatoms. The van der Waals surface area contributed by atoms with Crippen LogP contribution in [0.4, 0.5) is 10.6 Å². The highest BCUT2D eigenvalue weighted by molar-refractivity contribution is 6.29. The Balaban J connectivity index is 2.79. The summed E-state index contributed by atoms with van der Waals surface area (Å²) in [6.45, 7) is 0. The van der Waals surface area contributed by atoms with Crippen LogP contribution in [-0.4, -0.2) is 16.2 Å². The van der Waals surface area contributed by atoms with Gasteiger partial charge in [0.05, 0.1) is 0 Å². The fourth-order valence-electron chi connectivity index (χ4n) is 0.587. The van der Waals surface area contributed by atoms with Gasteiger partial charge in [0, 0.05) is 0 Å². The summed E-state index contributed by atoms with van der Waals surface area (Å²) >= 11 is 5.48. The van der Waals surface area contributed by atoms with Crippen LogP contribution in [0.15, 0.2) is 18.2 Å². The van der Waals surface area contributed by atoms with Crippen molar-refractivity contribution in [3.8, 4) is 0 Å². The Hall–Kier alpha value is -1.29. The molecular weight excluding hydrogens is 168 g/mol. The smallest absolute Gasteiger partial charge is 0.410 e. The molecule has 0 bridgehead atoms. The Morgan fingerprint density at radius 3 is 2.91 bits per heavy atom. The lowest BCUT2D eigenvalue weighted by molar-refractivity contribution is 0.209. The van der Waals surface area contributed by atoms with Crippen LogP contribution >= 0.6 is 11.6 Å². The van der Waals surface area contributed by atoms with Crippen LogP contribution < -0.4 is 5.32 Å². The zero-order chi connectivity index (χ0) is 8.27. The second-order valence-corrected chi connectivity index (χ2v) is 2.16. The van der Waals surface area contributed by atoms with Gasteiger partial charge >= 0.3 is 6.09 Å². The van der Waals surface area contributed by atoms with Gasteiger partial charge < -0.3 is 5.11 Å². The van der Waals surface area contributed by atoms with E-state index in [-0.39, 0.29) is 11.0 Å². The molecule has 1 rings (SSSR count). The lowest BCUT2D eigenvalue weighted by Gasteiger charge is -1.97. The Morgan fingerprint density at radius 1 is 1.64 bits per heavy atom. The lowest BCUT2D eigenvalue weighted by Crippen LogP contribution is -2.08. The van der Waals surface area contributed by atoms with E-state index < -0.39 is 6.09 Å². The molecule has 0 spiro atoms. The first-order valence-corrected chi connectivity index (χ1v) is 3.19. The van der Waals surface area contributed by atoms with Crippen LogP contribution in [0, 0.1) is 0 Å². The van der Waals surface area contributed by atoms with Crippen LogP contribution in [0.25, 0.3) is 0 Å². The first-order valence-electron chi connectivity index (χ1n) is 2.81. The summed E-state index contributed by atoms with van der Waals surface area (Å²) in [5, 5.41) is 10.6. The predicted octanol–water partition coefficient (Wildman–Crippen LogP) is 1.82. The van der Waals surface area contributed by atoms with Crippen molar-refractivity contribution in [3.05, 3.63) is 23.4 Å². The molecule has 11 heavy (non-hydrogen) atoms. The van der Waals surface area contributed by atoms with E-state index in [1.165, 1.54) is 6.07 Å². The van der Waals surface area contributed by atoms with Crippen LogP contribution in [-0.2, 0) is 0 Å². The monoisotopic (exact) mass is 172 g/mol. The zero-order valence-electron chi connectivity index (χ0n) is 5.41. The van der Waals surface area contributed by atoms with Gasteiger partial charge in [0.2, 0.25) is 0 Å². The summed E-state index contributed by atoms with van der Waals surface area (Å²) in [6, 6.07) is 4.69. The summed E-state index contributed by atoms with van der Waals surface area (Å²) in [4.78, 5) is 13.8. The summed E-state index contributed by atoms with van der Waals surface area (Å²) < 4.78 is 0. The third-order valence-corrected chi connectivity index (χ3v) is 1.16. The number of carboxylic acid groups (broad SMARTS) is 1. The zero-order valence-corrected chi connectivity index (χ0v) is 6.17. The van der Waals surface area contributed by atoms with Gasteiger partial charge in [0.15, 0.2) is 0 Å². The predicted molar refractivity (Wildman–Crippen MR) is 40.9 cm³/mol. The molecule has 1 amide bonds. The number of nitrogens with one attached hydrogen (secondary N) is 1. The van der Waals surface area contributed by atoms with Gasteiger partial charge in [-0.1, -0.05) is 17.7 Å². The average molecular weight is 173 g/mol. The number of rotatable bonds is 1. The minimum Gasteiger partial charge on any atom is -0.465 e. The number of nitrogens with zero attached hydrogens (tertiary/aromatic N) is 1. The van der Waals surface area contributed by atoms with E-state index in [0.29, 0.717) is 0 Å². The molecule has 0 atom stereocenters. The average Bonchev–Trinajstić information content (AvgIpc) is 1.85. The SMILES string of the molecule is O=C(O)Nc1cccc(Cl)n1. The molecule has 0 fully saturated rings. The van der Waals surface area contributed by atoms with Gasteiger partial charge in [-0.05, 0) is 12.1 Å². The number of carbonyl (C=O) groups is 1. The van der Waals surface area contributed by atoms with Crippen molar-refractivity contribution in [2.45, 2.75) is 0 Å². The van der Waals surface area contributed by atoms with Crippen molar-refractivity contribution >= 4 is 23.5 Å². The maximum Gasteiger partial charge on any atom is 0.410 e. The molecule has 0 aliphatic rings. The van der Waals surface area contributed by atoms with Crippen molar-refractivity contribution in [3.63, 3.8) is 0 Å². The molecular formula is C6H5ClN2O2. The van der Waals surface area contributed by atoms with Gasteiger partial charge in [-0.3, -0.25) is 5.32 Å². The van der Waals surface area contributed by atoms with Crippen LogP contribution in [0.2, 0.25) is 5.15 Å². The minimum atomic E-state index is -1.15. The molecule has 0 radical (unpaired) electrons. The number of amides is 1. The Morgan fingerprint density at radius 2 is 2.36 bits per heavy atom. The molecule has 0 saturated heterocycles. The van der Waals surface area contributed by atoms with Crippen LogP contribution in [0.3, 0.4) is 0 Å². The lowest BCUT2D eigenvalue weighted by atomic mass is 10.5. The molecule has 0 unspecified atom stereocenters. The summed E-state index contributed by atoms with van der Waals surface area (Å²) in [7, 11) is 0. The maximum absolute atomic E-state index is 10.1. The molecule has 4 nitrogen and oxygen atoms in total. The second kappa shape index (κ2) is 3.21. The third kappa shape index (κ3) is 2.43. The highest BCUT2D eigenvalue weighted by Crippen LogP contribution is 2.08. The molecule has 58 valence electrons. The van der Waals surface area contributed by atoms with Crippen molar-refractivity contribution in [2.24, 2.45) is 0 Å². The Bertz CT molecular complexity index is 277. The summed E-state index contributed by atoms with van der Waals surface area (Å²) in [5.74, 6) is 0.227. The van der Waals surface area contributed by atoms with E-state index in [2.05, 4.69) is 10.3 Å². The molecule has 0 aliphatic heterocycles. The minimum absolute atomic E-state index is 0.227. The molecule has 1 aromatic rings. The molecule has 2 N–H and O–H groups in total. The maximum atomic E-state index is 10.1. The van der Waals surface area contributed by atoms with Crippen molar-refractivity contribution in [1.29, 1.82) is 0 Å². The first-order chi connectivity index (χ1) is 5.18. The van der Waals surface area contributed by atoms with Gasteiger partial charge in [0.25, 0.3) is 0 Å². The highest BCUT2D eigenvalue weighted by atomic mass is 35.5. The van der Waals surface area contributed by atoms with Gasteiger partial charge in [-0.15, -0.1) is 0 Å². The number of hydrogen-bond acceptors (Lipinski definition) is 2. The first kappa shape index (κ1) is 7.81. The number of pyridine rings is 1.